The third-order valence-corrected chi connectivity index (χ3v) is 3.91. The van der Waals surface area contributed by atoms with Crippen molar-refractivity contribution in [3.05, 3.63) is 18.2 Å². The van der Waals surface area contributed by atoms with Crippen LogP contribution in [0.15, 0.2) is 18.2 Å². The zero-order valence-electron chi connectivity index (χ0n) is 13.1. The van der Waals surface area contributed by atoms with E-state index in [0.29, 0.717) is 18.2 Å². The van der Waals surface area contributed by atoms with Crippen LogP contribution in [0.2, 0.25) is 0 Å². The molecular formula is C16H22F2N2O3. The number of hydrogen-bond acceptors (Lipinski definition) is 3. The van der Waals surface area contributed by atoms with Crippen LogP contribution in [-0.2, 0) is 0 Å². The number of amides is 2. The van der Waals surface area contributed by atoms with Crippen molar-refractivity contribution < 1.29 is 23.0 Å². The highest BCUT2D eigenvalue weighted by molar-refractivity contribution is 5.89. The number of carbonyl (C=O) groups excluding carboxylic acids is 1. The minimum Gasteiger partial charge on any atom is -0.493 e. The molecule has 0 aliphatic heterocycles. The second-order valence-corrected chi connectivity index (χ2v) is 5.58. The largest absolute Gasteiger partial charge is 0.493 e. The lowest BCUT2D eigenvalue weighted by Crippen LogP contribution is -2.33. The van der Waals surface area contributed by atoms with E-state index < -0.39 is 6.61 Å². The minimum atomic E-state index is -2.96. The summed E-state index contributed by atoms with van der Waals surface area (Å²) in [5.41, 5.74) is 0.364. The van der Waals surface area contributed by atoms with Crippen LogP contribution in [-0.4, -0.2) is 26.3 Å². The van der Waals surface area contributed by atoms with Crippen molar-refractivity contribution in [3.63, 3.8) is 0 Å². The van der Waals surface area contributed by atoms with Gasteiger partial charge in [-0.05, 0) is 30.9 Å². The number of anilines is 1. The first-order valence-electron chi connectivity index (χ1n) is 7.76. The molecule has 0 bridgehead atoms. The van der Waals surface area contributed by atoms with Gasteiger partial charge in [0.1, 0.15) is 0 Å². The maximum Gasteiger partial charge on any atom is 0.387 e. The van der Waals surface area contributed by atoms with Crippen molar-refractivity contribution in [2.24, 2.45) is 5.92 Å². The molecule has 0 aromatic heterocycles. The van der Waals surface area contributed by atoms with Crippen LogP contribution >= 0.6 is 0 Å². The molecule has 2 N–H and O–H groups in total. The topological polar surface area (TPSA) is 59.6 Å². The fourth-order valence-electron chi connectivity index (χ4n) is 2.75. The summed E-state index contributed by atoms with van der Waals surface area (Å²) in [7, 11) is 1.36. The van der Waals surface area contributed by atoms with Crippen LogP contribution in [0, 0.1) is 5.92 Å². The van der Waals surface area contributed by atoms with Crippen molar-refractivity contribution >= 4 is 11.7 Å². The molecule has 1 aromatic rings. The van der Waals surface area contributed by atoms with E-state index in [2.05, 4.69) is 15.4 Å². The molecule has 1 fully saturated rings. The molecule has 0 radical (unpaired) electrons. The van der Waals surface area contributed by atoms with Gasteiger partial charge in [0, 0.05) is 18.3 Å². The maximum atomic E-state index is 12.4. The van der Waals surface area contributed by atoms with E-state index in [4.69, 9.17) is 4.74 Å². The Labute approximate surface area is 134 Å². The molecule has 1 aromatic carbocycles. The third kappa shape index (κ3) is 5.58. The zero-order valence-corrected chi connectivity index (χ0v) is 13.1. The molecule has 2 amide bonds. The Hall–Kier alpha value is -2.05. The summed E-state index contributed by atoms with van der Waals surface area (Å²) in [6.07, 6.45) is 5.95. The minimum absolute atomic E-state index is 0.118. The number of ether oxygens (including phenoxy) is 2. The van der Waals surface area contributed by atoms with Gasteiger partial charge in [0.15, 0.2) is 11.5 Å². The lowest BCUT2D eigenvalue weighted by Gasteiger charge is -2.21. The molecule has 23 heavy (non-hydrogen) atoms. The molecule has 7 heteroatoms. The van der Waals surface area contributed by atoms with Crippen LogP contribution in [0.1, 0.15) is 32.1 Å². The monoisotopic (exact) mass is 328 g/mol. The second-order valence-electron chi connectivity index (χ2n) is 5.58. The van der Waals surface area contributed by atoms with Gasteiger partial charge in [0.2, 0.25) is 0 Å². The van der Waals surface area contributed by atoms with Gasteiger partial charge in [0.05, 0.1) is 7.11 Å². The van der Waals surface area contributed by atoms with Gasteiger partial charge < -0.3 is 20.1 Å². The van der Waals surface area contributed by atoms with Crippen molar-refractivity contribution in [2.45, 2.75) is 38.7 Å². The average molecular weight is 328 g/mol. The summed E-state index contributed by atoms with van der Waals surface area (Å²) in [6, 6.07) is 3.99. The number of alkyl halides is 2. The number of methoxy groups -OCH3 is 1. The summed E-state index contributed by atoms with van der Waals surface area (Å²) >= 11 is 0. The Morgan fingerprint density at radius 1 is 1.26 bits per heavy atom. The van der Waals surface area contributed by atoms with Crippen LogP contribution in [0.4, 0.5) is 19.3 Å². The Morgan fingerprint density at radius 3 is 2.65 bits per heavy atom. The van der Waals surface area contributed by atoms with E-state index in [9.17, 15) is 13.6 Å². The fraction of sp³-hybridized carbons (Fsp3) is 0.562. The fourth-order valence-corrected chi connectivity index (χ4v) is 2.75. The smallest absolute Gasteiger partial charge is 0.387 e. The lowest BCUT2D eigenvalue weighted by atomic mass is 9.89. The molecule has 0 unspecified atom stereocenters. The molecule has 1 aliphatic carbocycles. The third-order valence-electron chi connectivity index (χ3n) is 3.91. The molecule has 0 atom stereocenters. The van der Waals surface area contributed by atoms with Crippen molar-refractivity contribution in [1.29, 1.82) is 0 Å². The summed E-state index contributed by atoms with van der Waals surface area (Å²) in [5.74, 6) is 0.578. The van der Waals surface area contributed by atoms with Crippen molar-refractivity contribution in [3.8, 4) is 11.5 Å². The normalized spacial score (nSPS) is 15.3. The van der Waals surface area contributed by atoms with E-state index in [1.54, 1.807) is 6.07 Å². The Balaban J connectivity index is 1.89. The lowest BCUT2D eigenvalue weighted by molar-refractivity contribution is -0.0511. The van der Waals surface area contributed by atoms with E-state index in [1.807, 2.05) is 0 Å². The van der Waals surface area contributed by atoms with Crippen molar-refractivity contribution in [2.75, 3.05) is 19.0 Å². The Kier molecular flexibility index (Phi) is 6.43. The summed E-state index contributed by atoms with van der Waals surface area (Å²) in [6.45, 7) is -2.33. The van der Waals surface area contributed by atoms with E-state index in [0.717, 1.165) is 12.8 Å². The molecule has 1 saturated carbocycles. The number of halogens is 2. The number of rotatable bonds is 6. The quantitative estimate of drug-likeness (QED) is 0.830. The van der Waals surface area contributed by atoms with Gasteiger partial charge in [0.25, 0.3) is 0 Å². The number of nitrogens with one attached hydrogen (secondary N) is 2. The van der Waals surface area contributed by atoms with Gasteiger partial charge in [-0.3, -0.25) is 0 Å². The number of carbonyl (C=O) groups is 1. The number of urea groups is 1. The summed E-state index contributed by atoms with van der Waals surface area (Å²) < 4.78 is 34.1. The zero-order chi connectivity index (χ0) is 16.7. The Morgan fingerprint density at radius 2 is 2.00 bits per heavy atom. The number of benzene rings is 1. The average Bonchev–Trinajstić information content (AvgIpc) is 2.54. The molecule has 0 heterocycles. The van der Waals surface area contributed by atoms with E-state index in [-0.39, 0.29) is 17.5 Å². The SMILES string of the molecule is COc1ccc(NC(=O)NCC2CCCCC2)cc1OC(F)F. The van der Waals surface area contributed by atoms with Gasteiger partial charge in [-0.2, -0.15) is 8.78 Å². The predicted molar refractivity (Wildman–Crippen MR) is 83.2 cm³/mol. The van der Waals surface area contributed by atoms with Crippen LogP contribution in [0.5, 0.6) is 11.5 Å². The van der Waals surface area contributed by atoms with Gasteiger partial charge in [-0.1, -0.05) is 19.3 Å². The predicted octanol–water partition coefficient (Wildman–Crippen LogP) is 4.00. The molecule has 1 aliphatic rings. The highest BCUT2D eigenvalue weighted by atomic mass is 19.3. The van der Waals surface area contributed by atoms with Gasteiger partial charge in [-0.25, -0.2) is 4.79 Å². The standard InChI is InChI=1S/C16H22F2N2O3/c1-22-13-8-7-12(9-14(13)23-15(17)18)20-16(21)19-10-11-5-3-2-4-6-11/h7-9,11,15H,2-6,10H2,1H3,(H2,19,20,21). The summed E-state index contributed by atoms with van der Waals surface area (Å²) in [5, 5.41) is 5.44. The molecule has 0 saturated heterocycles. The second kappa shape index (κ2) is 8.55. The van der Waals surface area contributed by atoms with Crippen LogP contribution in [0.25, 0.3) is 0 Å². The highest BCUT2D eigenvalue weighted by Crippen LogP contribution is 2.31. The van der Waals surface area contributed by atoms with E-state index >= 15 is 0 Å². The summed E-state index contributed by atoms with van der Waals surface area (Å²) in [4.78, 5) is 11.9. The first-order valence-corrected chi connectivity index (χ1v) is 7.76. The number of hydrogen-bond donors (Lipinski definition) is 2. The van der Waals surface area contributed by atoms with Crippen molar-refractivity contribution in [1.82, 2.24) is 5.32 Å². The molecule has 5 nitrogen and oxygen atoms in total. The highest BCUT2D eigenvalue weighted by Gasteiger charge is 2.15. The molecule has 0 spiro atoms. The molecule has 2 rings (SSSR count). The van der Waals surface area contributed by atoms with Gasteiger partial charge in [-0.15, -0.1) is 0 Å². The molecule has 128 valence electrons. The first kappa shape index (κ1) is 17.3. The van der Waals surface area contributed by atoms with E-state index in [1.165, 1.54) is 38.5 Å². The van der Waals surface area contributed by atoms with Crippen LogP contribution in [0.3, 0.4) is 0 Å². The first-order chi connectivity index (χ1) is 11.1. The van der Waals surface area contributed by atoms with Crippen LogP contribution < -0.4 is 20.1 Å². The van der Waals surface area contributed by atoms with Gasteiger partial charge >= 0.3 is 12.6 Å². The Bertz CT molecular complexity index is 520. The molecular weight excluding hydrogens is 306 g/mol. The maximum absolute atomic E-state index is 12.4.